The molecule has 1 fully saturated rings. The lowest BCUT2D eigenvalue weighted by atomic mass is 9.86. The number of unbranched alkanes of at least 4 members (excludes halogenated alkanes) is 4. The average Bonchev–Trinajstić information content (AvgIpc) is 2.24. The SMILES string of the molecule is CCCCCCCC1(S)CCCCCCC1. The van der Waals surface area contributed by atoms with Crippen LogP contribution in [0.25, 0.3) is 0 Å². The molecule has 0 aromatic rings. The van der Waals surface area contributed by atoms with Crippen LogP contribution in [0.3, 0.4) is 0 Å². The van der Waals surface area contributed by atoms with Crippen molar-refractivity contribution in [1.82, 2.24) is 0 Å². The monoisotopic (exact) mass is 242 g/mol. The molecule has 0 bridgehead atoms. The highest BCUT2D eigenvalue weighted by Gasteiger charge is 2.24. The first-order valence-electron chi connectivity index (χ1n) is 7.49. The van der Waals surface area contributed by atoms with Gasteiger partial charge in [0, 0.05) is 4.75 Å². The Bertz CT molecular complexity index is 157. The highest BCUT2D eigenvalue weighted by Crippen LogP contribution is 2.36. The first-order valence-corrected chi connectivity index (χ1v) is 7.94. The van der Waals surface area contributed by atoms with Crippen molar-refractivity contribution in [2.45, 2.75) is 95.1 Å². The molecule has 0 spiro atoms. The summed E-state index contributed by atoms with van der Waals surface area (Å²) in [7, 11) is 0. The first kappa shape index (κ1) is 14.4. The van der Waals surface area contributed by atoms with E-state index in [1.54, 1.807) is 0 Å². The van der Waals surface area contributed by atoms with Crippen molar-refractivity contribution in [1.29, 1.82) is 0 Å². The third-order valence-electron chi connectivity index (χ3n) is 4.03. The number of hydrogen-bond acceptors (Lipinski definition) is 1. The fourth-order valence-corrected chi connectivity index (χ4v) is 3.35. The summed E-state index contributed by atoms with van der Waals surface area (Å²) in [6.07, 6.45) is 18.3. The zero-order valence-corrected chi connectivity index (χ0v) is 12.0. The maximum Gasteiger partial charge on any atom is 0.0130 e. The Hall–Kier alpha value is 0.350. The van der Waals surface area contributed by atoms with Crippen LogP contribution in [0.2, 0.25) is 0 Å². The zero-order valence-electron chi connectivity index (χ0n) is 11.1. The van der Waals surface area contributed by atoms with Crippen molar-refractivity contribution in [3.8, 4) is 0 Å². The molecule has 0 unspecified atom stereocenters. The second-order valence-electron chi connectivity index (χ2n) is 5.66. The third-order valence-corrected chi connectivity index (χ3v) is 4.70. The molecule has 0 atom stereocenters. The number of hydrogen-bond donors (Lipinski definition) is 1. The summed E-state index contributed by atoms with van der Waals surface area (Å²) in [5.74, 6) is 0. The predicted molar refractivity (Wildman–Crippen MR) is 77.4 cm³/mol. The van der Waals surface area contributed by atoms with Gasteiger partial charge in [0.1, 0.15) is 0 Å². The fraction of sp³-hybridized carbons (Fsp3) is 1.00. The van der Waals surface area contributed by atoms with Gasteiger partial charge in [-0.3, -0.25) is 0 Å². The summed E-state index contributed by atoms with van der Waals surface area (Å²) in [5, 5.41) is 0. The largest absolute Gasteiger partial charge is 0.173 e. The highest BCUT2D eigenvalue weighted by atomic mass is 32.1. The van der Waals surface area contributed by atoms with Crippen molar-refractivity contribution in [3.63, 3.8) is 0 Å². The molecule has 0 aromatic carbocycles. The molecule has 1 aliphatic carbocycles. The summed E-state index contributed by atoms with van der Waals surface area (Å²) < 4.78 is 0.395. The normalized spacial score (nSPS) is 21.4. The van der Waals surface area contributed by atoms with Gasteiger partial charge in [0.25, 0.3) is 0 Å². The molecule has 0 heterocycles. The number of thiol groups is 1. The Morgan fingerprint density at radius 1 is 0.812 bits per heavy atom. The Labute approximate surface area is 108 Å². The fourth-order valence-electron chi connectivity index (χ4n) is 2.87. The van der Waals surface area contributed by atoms with E-state index < -0.39 is 0 Å². The zero-order chi connectivity index (χ0) is 11.7. The van der Waals surface area contributed by atoms with Crippen molar-refractivity contribution < 1.29 is 0 Å². The van der Waals surface area contributed by atoms with Crippen LogP contribution in [-0.2, 0) is 0 Å². The molecule has 0 nitrogen and oxygen atoms in total. The van der Waals surface area contributed by atoms with E-state index in [0.717, 1.165) is 0 Å². The van der Waals surface area contributed by atoms with Crippen LogP contribution < -0.4 is 0 Å². The summed E-state index contributed by atoms with van der Waals surface area (Å²) >= 11 is 4.99. The van der Waals surface area contributed by atoms with Crippen molar-refractivity contribution >= 4 is 12.6 Å². The minimum atomic E-state index is 0.395. The minimum absolute atomic E-state index is 0.395. The van der Waals surface area contributed by atoms with Crippen molar-refractivity contribution in [2.75, 3.05) is 0 Å². The van der Waals surface area contributed by atoms with Crippen LogP contribution in [0, 0.1) is 0 Å². The van der Waals surface area contributed by atoms with Crippen LogP contribution in [0.5, 0.6) is 0 Å². The van der Waals surface area contributed by atoms with E-state index in [2.05, 4.69) is 6.92 Å². The first-order chi connectivity index (χ1) is 7.77. The minimum Gasteiger partial charge on any atom is -0.173 e. The molecule has 0 N–H and O–H groups in total. The summed E-state index contributed by atoms with van der Waals surface area (Å²) in [6, 6.07) is 0. The molecule has 1 heteroatoms. The second-order valence-corrected chi connectivity index (χ2v) is 6.61. The van der Waals surface area contributed by atoms with Crippen LogP contribution in [-0.4, -0.2) is 4.75 Å². The molecular formula is C15H30S. The van der Waals surface area contributed by atoms with Crippen LogP contribution >= 0.6 is 12.6 Å². The van der Waals surface area contributed by atoms with E-state index >= 15 is 0 Å². The third kappa shape index (κ3) is 6.18. The molecule has 1 rings (SSSR count). The Kier molecular flexibility index (Phi) is 7.60. The lowest BCUT2D eigenvalue weighted by molar-refractivity contribution is 0.385. The van der Waals surface area contributed by atoms with Crippen molar-refractivity contribution in [3.05, 3.63) is 0 Å². The van der Waals surface area contributed by atoms with Gasteiger partial charge in [-0.25, -0.2) is 0 Å². The van der Waals surface area contributed by atoms with Crippen LogP contribution in [0.4, 0.5) is 0 Å². The summed E-state index contributed by atoms with van der Waals surface area (Å²) in [4.78, 5) is 0. The molecule has 0 aliphatic heterocycles. The molecule has 0 saturated heterocycles. The van der Waals surface area contributed by atoms with Gasteiger partial charge < -0.3 is 0 Å². The Balaban J connectivity index is 2.15. The molecule has 96 valence electrons. The van der Waals surface area contributed by atoms with E-state index in [9.17, 15) is 0 Å². The van der Waals surface area contributed by atoms with Gasteiger partial charge in [-0.05, 0) is 19.3 Å². The van der Waals surface area contributed by atoms with E-state index in [-0.39, 0.29) is 0 Å². The lowest BCUT2D eigenvalue weighted by Gasteiger charge is -2.30. The summed E-state index contributed by atoms with van der Waals surface area (Å²) in [5.41, 5.74) is 0. The molecule has 0 aromatic heterocycles. The molecule has 1 saturated carbocycles. The van der Waals surface area contributed by atoms with Gasteiger partial charge in [-0.2, -0.15) is 12.6 Å². The highest BCUT2D eigenvalue weighted by molar-refractivity contribution is 7.81. The standard InChI is InChI=1S/C15H30S/c1-2-3-4-6-9-12-15(16)13-10-7-5-8-11-14-15/h16H,2-14H2,1H3. The molecular weight excluding hydrogens is 212 g/mol. The van der Waals surface area contributed by atoms with Crippen molar-refractivity contribution in [2.24, 2.45) is 0 Å². The van der Waals surface area contributed by atoms with Crippen LogP contribution in [0.1, 0.15) is 90.4 Å². The number of rotatable bonds is 6. The van der Waals surface area contributed by atoms with Gasteiger partial charge in [0.05, 0.1) is 0 Å². The predicted octanol–water partition coefficient (Wildman–Crippen LogP) is 5.76. The van der Waals surface area contributed by atoms with Gasteiger partial charge in [0.2, 0.25) is 0 Å². The average molecular weight is 242 g/mol. The van der Waals surface area contributed by atoms with E-state index in [1.165, 1.54) is 83.5 Å². The Morgan fingerprint density at radius 2 is 1.38 bits per heavy atom. The topological polar surface area (TPSA) is 0 Å². The van der Waals surface area contributed by atoms with E-state index in [1.807, 2.05) is 0 Å². The van der Waals surface area contributed by atoms with Crippen LogP contribution in [0.15, 0.2) is 0 Å². The quantitative estimate of drug-likeness (QED) is 0.444. The molecule has 1 aliphatic rings. The smallest absolute Gasteiger partial charge is 0.0130 e. The lowest BCUT2D eigenvalue weighted by Crippen LogP contribution is -2.22. The Morgan fingerprint density at radius 3 is 2.00 bits per heavy atom. The molecule has 0 radical (unpaired) electrons. The molecule has 16 heavy (non-hydrogen) atoms. The van der Waals surface area contributed by atoms with Gasteiger partial charge in [0.15, 0.2) is 0 Å². The van der Waals surface area contributed by atoms with Gasteiger partial charge in [-0.1, -0.05) is 71.1 Å². The maximum atomic E-state index is 4.99. The molecule has 0 amide bonds. The van der Waals surface area contributed by atoms with E-state index in [4.69, 9.17) is 12.6 Å². The van der Waals surface area contributed by atoms with Gasteiger partial charge >= 0.3 is 0 Å². The second kappa shape index (κ2) is 8.44. The van der Waals surface area contributed by atoms with Gasteiger partial charge in [-0.15, -0.1) is 0 Å². The summed E-state index contributed by atoms with van der Waals surface area (Å²) in [6.45, 7) is 2.29. The van der Waals surface area contributed by atoms with E-state index in [0.29, 0.717) is 4.75 Å². The maximum absolute atomic E-state index is 4.99.